The first kappa shape index (κ1) is 30.5. The summed E-state index contributed by atoms with van der Waals surface area (Å²) in [5.74, 6) is -6.74. The van der Waals surface area contributed by atoms with E-state index in [1.165, 1.54) is 32.1 Å². The molecule has 11 nitrogen and oxygen atoms in total. The van der Waals surface area contributed by atoms with Gasteiger partial charge in [-0.25, -0.2) is 0 Å². The Labute approximate surface area is 246 Å². The Hall–Kier alpha value is -2.99. The fourth-order valence-corrected chi connectivity index (χ4v) is 8.04. The van der Waals surface area contributed by atoms with Crippen LogP contribution in [-0.2, 0) is 27.3 Å². The van der Waals surface area contributed by atoms with Gasteiger partial charge in [0, 0.05) is 49.4 Å². The molecule has 0 spiro atoms. The third-order valence-corrected chi connectivity index (χ3v) is 10.1. The third-order valence-electron chi connectivity index (χ3n) is 10.1. The van der Waals surface area contributed by atoms with Gasteiger partial charge in [0.2, 0.25) is 11.7 Å². The molecule has 7 N–H and O–H groups in total. The van der Waals surface area contributed by atoms with Crippen LogP contribution in [0, 0.1) is 23.7 Å². The monoisotopic (exact) mass is 584 g/mol. The SMILES string of the molecule is CN(C)c1cc(CNCC2CCCCC2)c(O)c2c1C[C@@H]1C[C@@H]3C(N(C)C)C(O)C(C(N)=O)C(=O)[C@]3(O)C(=O)C1=C2O. The van der Waals surface area contributed by atoms with Gasteiger partial charge in [0.1, 0.15) is 17.4 Å². The molecule has 0 saturated heterocycles. The van der Waals surface area contributed by atoms with Crippen molar-refractivity contribution < 1.29 is 34.8 Å². The van der Waals surface area contributed by atoms with Gasteiger partial charge in [0.15, 0.2) is 11.4 Å². The second kappa shape index (κ2) is 11.3. The van der Waals surface area contributed by atoms with Crippen LogP contribution in [0.2, 0.25) is 0 Å². The van der Waals surface area contributed by atoms with Gasteiger partial charge in [-0.3, -0.25) is 14.4 Å². The molecule has 1 amide bonds. The number of amides is 1. The second-order valence-corrected chi connectivity index (χ2v) is 13.1. The molecular weight excluding hydrogens is 540 g/mol. The Morgan fingerprint density at radius 2 is 1.79 bits per heavy atom. The van der Waals surface area contributed by atoms with Crippen molar-refractivity contribution in [1.82, 2.24) is 10.2 Å². The van der Waals surface area contributed by atoms with Crippen molar-refractivity contribution >= 4 is 28.9 Å². The molecule has 42 heavy (non-hydrogen) atoms. The van der Waals surface area contributed by atoms with Crippen LogP contribution in [-0.4, -0.2) is 95.3 Å². The second-order valence-electron chi connectivity index (χ2n) is 13.1. The number of phenols is 1. The lowest BCUT2D eigenvalue weighted by molar-refractivity contribution is -0.184. The molecule has 0 heterocycles. The topological polar surface area (TPSA) is 177 Å². The quantitative estimate of drug-likeness (QED) is 0.252. The number of aliphatic hydroxyl groups is 3. The number of aromatic hydroxyl groups is 1. The molecule has 3 unspecified atom stereocenters. The predicted octanol–water partition coefficient (Wildman–Crippen LogP) is 0.865. The number of benzene rings is 1. The predicted molar refractivity (Wildman–Crippen MR) is 157 cm³/mol. The van der Waals surface area contributed by atoms with E-state index < -0.39 is 58.7 Å². The smallest absolute Gasteiger partial charge is 0.230 e. The van der Waals surface area contributed by atoms with Gasteiger partial charge < -0.3 is 41.3 Å². The molecule has 3 saturated carbocycles. The summed E-state index contributed by atoms with van der Waals surface area (Å²) in [6.45, 7) is 1.18. The number of hydrogen-bond donors (Lipinski definition) is 6. The fraction of sp³-hybridized carbons (Fsp3) is 0.645. The van der Waals surface area contributed by atoms with Crippen LogP contribution in [0.1, 0.15) is 55.2 Å². The molecule has 4 aliphatic rings. The number of fused-ring (bicyclic) bond motifs is 3. The lowest BCUT2D eigenvalue weighted by Crippen LogP contribution is -2.73. The number of nitrogens with two attached hydrogens (primary N) is 1. The van der Waals surface area contributed by atoms with Gasteiger partial charge in [-0.1, -0.05) is 19.3 Å². The third kappa shape index (κ3) is 4.70. The Morgan fingerprint density at radius 1 is 1.12 bits per heavy atom. The number of carbonyl (C=O) groups is 3. The van der Waals surface area contributed by atoms with Crippen LogP contribution in [0.4, 0.5) is 5.69 Å². The zero-order chi connectivity index (χ0) is 30.7. The van der Waals surface area contributed by atoms with E-state index in [9.17, 15) is 34.8 Å². The molecule has 0 aliphatic heterocycles. The Balaban J connectivity index is 1.57. The lowest BCUT2D eigenvalue weighted by Gasteiger charge is -2.53. The molecule has 230 valence electrons. The minimum absolute atomic E-state index is 0.0938. The number of anilines is 1. The van der Waals surface area contributed by atoms with Gasteiger partial charge >= 0.3 is 0 Å². The van der Waals surface area contributed by atoms with E-state index in [-0.39, 0.29) is 29.7 Å². The number of aliphatic hydroxyl groups excluding tert-OH is 2. The number of hydrogen-bond acceptors (Lipinski definition) is 10. The van der Waals surface area contributed by atoms with E-state index in [0.29, 0.717) is 23.6 Å². The van der Waals surface area contributed by atoms with Gasteiger partial charge in [0.05, 0.1) is 11.7 Å². The molecule has 1 aromatic rings. The number of primary amides is 1. The summed E-state index contributed by atoms with van der Waals surface area (Å²) in [6, 6.07) is 0.980. The first-order chi connectivity index (χ1) is 19.8. The number of phenolic OH excluding ortho intramolecular Hbond substituents is 1. The standard InChI is InChI=1S/C31H44N4O7/c1-34(2)20-12-17(14-33-13-15-8-6-5-7-9-15)25(36)22-18(20)10-16-11-19-24(35(3)4)27(38)23(30(32)41)29(40)31(19,42)28(39)21(16)26(22)37/h12,15-16,19,23-24,27,33,36-38,42H,5-11,13-14H2,1-4H3,(H2,32,41)/t16-,19-,23?,24?,27?,31-/m1/s1. The molecule has 0 bridgehead atoms. The van der Waals surface area contributed by atoms with Gasteiger partial charge in [-0.05, 0) is 69.8 Å². The van der Waals surface area contributed by atoms with E-state index in [1.807, 2.05) is 25.1 Å². The first-order valence-corrected chi connectivity index (χ1v) is 14.9. The molecule has 3 fully saturated rings. The van der Waals surface area contributed by atoms with Crippen molar-refractivity contribution in [2.24, 2.45) is 29.4 Å². The van der Waals surface area contributed by atoms with E-state index in [0.717, 1.165) is 12.2 Å². The number of nitrogens with zero attached hydrogens (tertiary/aromatic N) is 2. The molecule has 6 atom stereocenters. The highest BCUT2D eigenvalue weighted by Crippen LogP contribution is 2.53. The molecule has 4 aliphatic carbocycles. The average molecular weight is 585 g/mol. The van der Waals surface area contributed by atoms with Crippen molar-refractivity contribution in [3.63, 3.8) is 0 Å². The zero-order valence-corrected chi connectivity index (χ0v) is 24.9. The maximum Gasteiger partial charge on any atom is 0.230 e. The molecule has 1 aromatic carbocycles. The maximum absolute atomic E-state index is 14.1. The highest BCUT2D eigenvalue weighted by atomic mass is 16.3. The Kier molecular flexibility index (Phi) is 8.17. The molecule has 0 aromatic heterocycles. The fourth-order valence-electron chi connectivity index (χ4n) is 8.04. The van der Waals surface area contributed by atoms with Crippen LogP contribution < -0.4 is 16.0 Å². The number of likely N-dealkylation sites (N-methyl/N-ethyl adjacent to an activating group) is 1. The molecular formula is C31H44N4O7. The minimum Gasteiger partial charge on any atom is -0.507 e. The summed E-state index contributed by atoms with van der Waals surface area (Å²) >= 11 is 0. The lowest BCUT2D eigenvalue weighted by atomic mass is 9.54. The van der Waals surface area contributed by atoms with Crippen molar-refractivity contribution in [2.45, 2.75) is 69.2 Å². The minimum atomic E-state index is -2.66. The summed E-state index contributed by atoms with van der Waals surface area (Å²) < 4.78 is 0. The highest BCUT2D eigenvalue weighted by molar-refractivity contribution is 6.25. The normalized spacial score (nSPS) is 31.5. The zero-order valence-electron chi connectivity index (χ0n) is 24.9. The number of Topliss-reactive ketones (excluding diaryl/α,β-unsaturated/α-hetero) is 2. The van der Waals surface area contributed by atoms with Crippen molar-refractivity contribution in [2.75, 3.05) is 39.6 Å². The van der Waals surface area contributed by atoms with E-state index >= 15 is 0 Å². The van der Waals surface area contributed by atoms with Crippen molar-refractivity contribution in [3.05, 3.63) is 28.3 Å². The van der Waals surface area contributed by atoms with Gasteiger partial charge in [0.25, 0.3) is 0 Å². The number of nitrogens with one attached hydrogen (secondary N) is 1. The van der Waals surface area contributed by atoms with Crippen molar-refractivity contribution in [1.29, 1.82) is 0 Å². The summed E-state index contributed by atoms with van der Waals surface area (Å²) in [7, 11) is 7.01. The molecule has 5 rings (SSSR count). The Morgan fingerprint density at radius 3 is 2.38 bits per heavy atom. The van der Waals surface area contributed by atoms with E-state index in [1.54, 1.807) is 19.0 Å². The number of rotatable bonds is 7. The van der Waals surface area contributed by atoms with Crippen LogP contribution in [0.15, 0.2) is 11.6 Å². The van der Waals surface area contributed by atoms with Crippen molar-refractivity contribution in [3.8, 4) is 5.75 Å². The van der Waals surface area contributed by atoms with Gasteiger partial charge in [-0.15, -0.1) is 0 Å². The van der Waals surface area contributed by atoms with Crippen LogP contribution in [0.25, 0.3) is 5.76 Å². The average Bonchev–Trinajstić information content (AvgIpc) is 2.92. The molecule has 11 heteroatoms. The summed E-state index contributed by atoms with van der Waals surface area (Å²) in [5.41, 5.74) is 4.80. The largest absolute Gasteiger partial charge is 0.507 e. The molecule has 0 radical (unpaired) electrons. The highest BCUT2D eigenvalue weighted by Gasteiger charge is 2.67. The van der Waals surface area contributed by atoms with E-state index in [2.05, 4.69) is 5.32 Å². The summed E-state index contributed by atoms with van der Waals surface area (Å²) in [6.07, 6.45) is 4.92. The van der Waals surface area contributed by atoms with Crippen LogP contribution in [0.3, 0.4) is 0 Å². The van der Waals surface area contributed by atoms with Gasteiger partial charge in [-0.2, -0.15) is 0 Å². The van der Waals surface area contributed by atoms with E-state index in [4.69, 9.17) is 5.73 Å². The maximum atomic E-state index is 14.1. The summed E-state index contributed by atoms with van der Waals surface area (Å²) in [4.78, 5) is 43.4. The Bertz CT molecular complexity index is 1320. The first-order valence-electron chi connectivity index (χ1n) is 14.9. The number of carbonyl (C=O) groups excluding carboxylic acids is 3. The van der Waals surface area contributed by atoms with Crippen LogP contribution >= 0.6 is 0 Å². The summed E-state index contributed by atoms with van der Waals surface area (Å²) in [5, 5.41) is 49.4. The van der Waals surface area contributed by atoms with Crippen LogP contribution in [0.5, 0.6) is 5.75 Å². The number of ketones is 2.